The molecule has 154 valence electrons. The number of piperazine rings is 1. The van der Waals surface area contributed by atoms with Crippen LogP contribution in [0.15, 0.2) is 30.5 Å². The first-order valence-electron chi connectivity index (χ1n) is 10.1. The topological polar surface area (TPSA) is 116 Å². The second-order valence-corrected chi connectivity index (χ2v) is 7.82. The highest BCUT2D eigenvalue weighted by atomic mass is 16.1. The van der Waals surface area contributed by atoms with Crippen LogP contribution < -0.4 is 16.0 Å². The molecule has 1 amide bonds. The van der Waals surface area contributed by atoms with Gasteiger partial charge in [0.25, 0.3) is 5.91 Å². The highest BCUT2D eigenvalue weighted by Crippen LogP contribution is 2.32. The van der Waals surface area contributed by atoms with Gasteiger partial charge < -0.3 is 20.9 Å². The lowest BCUT2D eigenvalue weighted by molar-refractivity contribution is 0.0994. The molecule has 9 heteroatoms. The van der Waals surface area contributed by atoms with Crippen molar-refractivity contribution in [2.45, 2.75) is 12.8 Å². The van der Waals surface area contributed by atoms with Crippen molar-refractivity contribution >= 4 is 23.2 Å². The molecule has 1 aromatic carbocycles. The lowest BCUT2D eigenvalue weighted by Crippen LogP contribution is -2.44. The molecule has 0 radical (unpaired) electrons. The summed E-state index contributed by atoms with van der Waals surface area (Å²) in [6.45, 7) is 4.23. The zero-order chi connectivity index (χ0) is 20.7. The van der Waals surface area contributed by atoms with Crippen molar-refractivity contribution in [3.05, 3.63) is 47.3 Å². The van der Waals surface area contributed by atoms with E-state index in [1.165, 1.54) is 5.69 Å². The number of likely N-dealkylation sites (N-methyl/N-ethyl adjacent to an activating group) is 1. The minimum Gasteiger partial charge on any atom is -0.369 e. The van der Waals surface area contributed by atoms with Gasteiger partial charge in [0.2, 0.25) is 5.95 Å². The number of anilines is 3. The van der Waals surface area contributed by atoms with Gasteiger partial charge in [-0.05, 0) is 49.7 Å². The zero-order valence-electron chi connectivity index (χ0n) is 16.9. The largest absolute Gasteiger partial charge is 0.369 e. The van der Waals surface area contributed by atoms with Gasteiger partial charge in [0, 0.05) is 49.3 Å². The van der Waals surface area contributed by atoms with Gasteiger partial charge in [-0.2, -0.15) is 5.10 Å². The smallest absolute Gasteiger partial charge is 0.267 e. The molecule has 2 aliphatic rings. The van der Waals surface area contributed by atoms with E-state index in [0.717, 1.165) is 55.1 Å². The molecular weight excluding hydrogens is 380 g/mol. The number of carbonyl (C=O) groups excluding carboxylic acids is 1. The maximum absolute atomic E-state index is 11.6. The number of nitrogens with two attached hydrogens (primary N) is 1. The predicted octanol–water partition coefficient (Wildman–Crippen LogP) is 1.56. The first kappa shape index (κ1) is 18.6. The Kier molecular flexibility index (Phi) is 4.59. The number of aromatic nitrogens is 4. The summed E-state index contributed by atoms with van der Waals surface area (Å²) < 4.78 is 0. The second-order valence-electron chi connectivity index (χ2n) is 7.82. The van der Waals surface area contributed by atoms with Crippen molar-refractivity contribution in [1.82, 2.24) is 25.1 Å². The maximum Gasteiger partial charge on any atom is 0.267 e. The Balaban J connectivity index is 1.36. The van der Waals surface area contributed by atoms with E-state index in [0.29, 0.717) is 23.8 Å². The molecule has 3 aromatic rings. The Bertz CT molecular complexity index is 1080. The van der Waals surface area contributed by atoms with Crippen LogP contribution in [0.1, 0.15) is 21.6 Å². The summed E-state index contributed by atoms with van der Waals surface area (Å²) in [4.78, 5) is 25.5. The Morgan fingerprint density at radius 3 is 2.60 bits per heavy atom. The molecule has 1 fully saturated rings. The number of hydrogen-bond donors (Lipinski definition) is 3. The number of primary amides is 1. The molecule has 0 bridgehead atoms. The number of aromatic amines is 1. The summed E-state index contributed by atoms with van der Waals surface area (Å²) in [6, 6.07) is 8.33. The number of hydrogen-bond acceptors (Lipinski definition) is 7. The fourth-order valence-corrected chi connectivity index (χ4v) is 4.07. The van der Waals surface area contributed by atoms with Crippen LogP contribution in [0.2, 0.25) is 0 Å². The van der Waals surface area contributed by atoms with Crippen molar-refractivity contribution < 1.29 is 4.79 Å². The third-order valence-electron chi connectivity index (χ3n) is 5.84. The average molecular weight is 404 g/mol. The van der Waals surface area contributed by atoms with E-state index < -0.39 is 5.91 Å². The fourth-order valence-electron chi connectivity index (χ4n) is 4.07. The summed E-state index contributed by atoms with van der Waals surface area (Å²) in [6.07, 6.45) is 3.27. The maximum atomic E-state index is 11.6. The molecule has 0 saturated carbocycles. The highest BCUT2D eigenvalue weighted by molar-refractivity contribution is 5.94. The molecule has 1 saturated heterocycles. The van der Waals surface area contributed by atoms with Crippen LogP contribution in [-0.4, -0.2) is 64.2 Å². The molecule has 9 nitrogen and oxygen atoms in total. The van der Waals surface area contributed by atoms with Crippen LogP contribution >= 0.6 is 0 Å². The molecule has 3 heterocycles. The van der Waals surface area contributed by atoms with Crippen molar-refractivity contribution in [2.75, 3.05) is 43.4 Å². The normalized spacial score (nSPS) is 16.1. The fraction of sp³-hybridized carbons (Fsp3) is 0.333. The van der Waals surface area contributed by atoms with Crippen LogP contribution in [0.3, 0.4) is 0 Å². The average Bonchev–Trinajstić information content (AvgIpc) is 3.20. The number of amides is 1. The summed E-state index contributed by atoms with van der Waals surface area (Å²) in [5.74, 6) is -0.00221. The van der Waals surface area contributed by atoms with Gasteiger partial charge in [-0.1, -0.05) is 0 Å². The lowest BCUT2D eigenvalue weighted by atomic mass is 9.93. The molecule has 4 N–H and O–H groups in total. The third kappa shape index (κ3) is 3.37. The van der Waals surface area contributed by atoms with Crippen molar-refractivity contribution in [2.24, 2.45) is 5.73 Å². The first-order chi connectivity index (χ1) is 14.6. The molecule has 2 aromatic heterocycles. The van der Waals surface area contributed by atoms with Gasteiger partial charge in [0.05, 0.1) is 5.69 Å². The van der Waals surface area contributed by atoms with Gasteiger partial charge in [-0.3, -0.25) is 9.89 Å². The van der Waals surface area contributed by atoms with Gasteiger partial charge in [0.1, 0.15) is 11.4 Å². The Morgan fingerprint density at radius 2 is 1.87 bits per heavy atom. The van der Waals surface area contributed by atoms with Crippen molar-refractivity contribution in [3.8, 4) is 11.4 Å². The summed E-state index contributed by atoms with van der Waals surface area (Å²) >= 11 is 0. The molecule has 1 aliphatic heterocycles. The van der Waals surface area contributed by atoms with Crippen LogP contribution in [0.5, 0.6) is 0 Å². The zero-order valence-corrected chi connectivity index (χ0v) is 16.9. The number of H-pyrrole nitrogens is 1. The number of benzene rings is 1. The van der Waals surface area contributed by atoms with E-state index in [2.05, 4.69) is 54.5 Å². The van der Waals surface area contributed by atoms with E-state index in [-0.39, 0.29) is 0 Å². The van der Waals surface area contributed by atoms with Crippen LogP contribution in [0.25, 0.3) is 11.4 Å². The molecule has 0 spiro atoms. The van der Waals surface area contributed by atoms with E-state index in [1.54, 1.807) is 0 Å². The predicted molar refractivity (Wildman–Crippen MR) is 115 cm³/mol. The minimum atomic E-state index is -0.500. The quantitative estimate of drug-likeness (QED) is 0.604. The molecule has 0 unspecified atom stereocenters. The summed E-state index contributed by atoms with van der Waals surface area (Å²) in [5.41, 5.74) is 11.2. The Morgan fingerprint density at radius 1 is 1.10 bits per heavy atom. The standard InChI is InChI=1S/C21H24N8O/c1-28-8-10-29(11-9-28)15-5-3-14(4-6-15)24-21-23-12-13-2-7-16-18(17(13)25-21)26-27-19(16)20(22)30/h3-6,12H,2,7-11H2,1H3,(H2,22,30)(H,26,27)(H,23,24,25). The van der Waals surface area contributed by atoms with E-state index in [4.69, 9.17) is 5.73 Å². The number of nitrogens with zero attached hydrogens (tertiary/aromatic N) is 5. The van der Waals surface area contributed by atoms with Gasteiger partial charge in [-0.25, -0.2) is 9.97 Å². The molecule has 0 atom stereocenters. The molecule has 5 rings (SSSR count). The Hall–Kier alpha value is -3.46. The minimum absolute atomic E-state index is 0.364. The van der Waals surface area contributed by atoms with Gasteiger partial charge in [-0.15, -0.1) is 0 Å². The van der Waals surface area contributed by atoms with Gasteiger partial charge in [0.15, 0.2) is 0 Å². The van der Waals surface area contributed by atoms with Crippen LogP contribution in [0, 0.1) is 0 Å². The number of rotatable bonds is 4. The van der Waals surface area contributed by atoms with E-state index in [1.807, 2.05) is 18.3 Å². The Labute approximate surface area is 174 Å². The first-order valence-corrected chi connectivity index (χ1v) is 10.1. The number of aryl methyl sites for hydroxylation is 1. The van der Waals surface area contributed by atoms with Crippen LogP contribution in [0.4, 0.5) is 17.3 Å². The summed E-state index contributed by atoms with van der Waals surface area (Å²) in [7, 11) is 2.16. The monoisotopic (exact) mass is 404 g/mol. The summed E-state index contributed by atoms with van der Waals surface area (Å²) in [5, 5.41) is 10.3. The molecular formula is C21H24N8O. The number of carbonyl (C=O) groups is 1. The van der Waals surface area contributed by atoms with E-state index >= 15 is 0 Å². The number of nitrogens with one attached hydrogen (secondary N) is 2. The second kappa shape index (κ2) is 7.42. The van der Waals surface area contributed by atoms with Crippen LogP contribution in [-0.2, 0) is 12.8 Å². The van der Waals surface area contributed by atoms with E-state index in [9.17, 15) is 4.79 Å². The van der Waals surface area contributed by atoms with Gasteiger partial charge >= 0.3 is 0 Å². The molecule has 30 heavy (non-hydrogen) atoms. The number of fused-ring (bicyclic) bond motifs is 3. The highest BCUT2D eigenvalue weighted by Gasteiger charge is 2.26. The SMILES string of the molecule is CN1CCN(c2ccc(Nc3ncc4c(n3)-c3n[nH]c(C(N)=O)c3CC4)cc2)CC1. The van der Waals surface area contributed by atoms with Crippen molar-refractivity contribution in [1.29, 1.82) is 0 Å². The third-order valence-corrected chi connectivity index (χ3v) is 5.84. The molecule has 1 aliphatic carbocycles. The lowest BCUT2D eigenvalue weighted by Gasteiger charge is -2.34. The van der Waals surface area contributed by atoms with Crippen molar-refractivity contribution in [3.63, 3.8) is 0 Å².